The smallest absolute Gasteiger partial charge is 0.224 e. The van der Waals surface area contributed by atoms with Gasteiger partial charge in [-0.2, -0.15) is 0 Å². The molecule has 0 bridgehead atoms. The summed E-state index contributed by atoms with van der Waals surface area (Å²) < 4.78 is 0. The van der Waals surface area contributed by atoms with Gasteiger partial charge in [-0.1, -0.05) is 6.92 Å². The summed E-state index contributed by atoms with van der Waals surface area (Å²) in [5, 5.41) is 0.299. The minimum Gasteiger partial charge on any atom is -0.320 e. The van der Waals surface area contributed by atoms with Gasteiger partial charge in [-0.3, -0.25) is 9.59 Å². The zero-order valence-electron chi connectivity index (χ0n) is 7.66. The summed E-state index contributed by atoms with van der Waals surface area (Å²) in [4.78, 5) is 24.7. The number of ketones is 1. The second-order valence-electron chi connectivity index (χ2n) is 3.46. The van der Waals surface area contributed by atoms with Gasteiger partial charge in [-0.25, -0.2) is 0 Å². The molecule has 2 aliphatic heterocycles. The van der Waals surface area contributed by atoms with E-state index in [9.17, 15) is 9.59 Å². The number of carbonyl (C=O) groups excluding carboxylic acids is 2. The number of rotatable bonds is 2. The number of fused-ring (bicyclic) bond motifs is 1. The summed E-state index contributed by atoms with van der Waals surface area (Å²) in [5.74, 6) is 1.19. The summed E-state index contributed by atoms with van der Waals surface area (Å²) in [6.07, 6.45) is 2.10. The molecule has 2 heterocycles. The lowest BCUT2D eigenvalue weighted by molar-refractivity contribution is -0.135. The molecule has 72 valence electrons. The van der Waals surface area contributed by atoms with E-state index < -0.39 is 0 Å². The van der Waals surface area contributed by atoms with Crippen LogP contribution in [-0.4, -0.2) is 33.8 Å². The molecular weight excluding hydrogens is 186 g/mol. The fourth-order valence-electron chi connectivity index (χ4n) is 1.98. The molecule has 0 spiro atoms. The Morgan fingerprint density at radius 1 is 1.69 bits per heavy atom. The van der Waals surface area contributed by atoms with Gasteiger partial charge in [0.15, 0.2) is 5.78 Å². The van der Waals surface area contributed by atoms with Crippen LogP contribution in [0.25, 0.3) is 0 Å². The van der Waals surface area contributed by atoms with Gasteiger partial charge >= 0.3 is 0 Å². The first kappa shape index (κ1) is 9.06. The molecule has 13 heavy (non-hydrogen) atoms. The Hall–Kier alpha value is -0.510. The van der Waals surface area contributed by atoms with E-state index in [-0.39, 0.29) is 17.7 Å². The van der Waals surface area contributed by atoms with Crippen LogP contribution in [-0.2, 0) is 9.59 Å². The molecule has 2 atom stereocenters. The molecule has 0 aliphatic carbocycles. The SMILES string of the molecule is CCC(=O)C1CS[C@H]2CCC(=O)N12. The van der Waals surface area contributed by atoms with E-state index in [2.05, 4.69) is 0 Å². The van der Waals surface area contributed by atoms with E-state index in [1.807, 2.05) is 6.92 Å². The van der Waals surface area contributed by atoms with Gasteiger partial charge in [0.2, 0.25) is 5.91 Å². The highest BCUT2D eigenvalue weighted by molar-refractivity contribution is 8.00. The van der Waals surface area contributed by atoms with E-state index >= 15 is 0 Å². The molecule has 0 saturated carbocycles. The average Bonchev–Trinajstić information content (AvgIpc) is 2.68. The van der Waals surface area contributed by atoms with E-state index in [0.29, 0.717) is 18.2 Å². The molecule has 0 N–H and O–H groups in total. The van der Waals surface area contributed by atoms with Gasteiger partial charge in [0.05, 0.1) is 5.37 Å². The first-order valence-electron chi connectivity index (χ1n) is 4.69. The van der Waals surface area contributed by atoms with Crippen molar-refractivity contribution in [2.45, 2.75) is 37.6 Å². The largest absolute Gasteiger partial charge is 0.320 e. The van der Waals surface area contributed by atoms with Crippen LogP contribution in [0.4, 0.5) is 0 Å². The van der Waals surface area contributed by atoms with Crippen LogP contribution >= 0.6 is 11.8 Å². The maximum Gasteiger partial charge on any atom is 0.224 e. The fourth-order valence-corrected chi connectivity index (χ4v) is 3.44. The van der Waals surface area contributed by atoms with Crippen LogP contribution < -0.4 is 0 Å². The Balaban J connectivity index is 2.14. The van der Waals surface area contributed by atoms with Gasteiger partial charge < -0.3 is 4.90 Å². The molecule has 2 fully saturated rings. The highest BCUT2D eigenvalue weighted by Gasteiger charge is 2.44. The molecule has 3 nitrogen and oxygen atoms in total. The van der Waals surface area contributed by atoms with Gasteiger partial charge in [0.25, 0.3) is 0 Å². The molecule has 0 radical (unpaired) electrons. The molecular formula is C9H13NO2S. The second-order valence-corrected chi connectivity index (χ2v) is 4.67. The number of thioether (sulfide) groups is 1. The lowest BCUT2D eigenvalue weighted by Crippen LogP contribution is -2.41. The van der Waals surface area contributed by atoms with Crippen molar-refractivity contribution < 1.29 is 9.59 Å². The predicted molar refractivity (Wildman–Crippen MR) is 51.4 cm³/mol. The van der Waals surface area contributed by atoms with E-state index in [1.165, 1.54) is 0 Å². The summed E-state index contributed by atoms with van der Waals surface area (Å²) in [5.41, 5.74) is 0. The first-order chi connectivity index (χ1) is 6.24. The molecule has 0 aromatic carbocycles. The van der Waals surface area contributed by atoms with Gasteiger partial charge in [-0.15, -0.1) is 11.8 Å². The van der Waals surface area contributed by atoms with Crippen molar-refractivity contribution in [3.63, 3.8) is 0 Å². The van der Waals surface area contributed by atoms with Gasteiger partial charge in [-0.05, 0) is 6.42 Å². The number of nitrogens with zero attached hydrogens (tertiary/aromatic N) is 1. The van der Waals surface area contributed by atoms with Crippen LogP contribution in [0.1, 0.15) is 26.2 Å². The lowest BCUT2D eigenvalue weighted by atomic mass is 10.1. The Kier molecular flexibility index (Phi) is 2.32. The normalized spacial score (nSPS) is 32.4. The van der Waals surface area contributed by atoms with Crippen LogP contribution in [0.15, 0.2) is 0 Å². The van der Waals surface area contributed by atoms with Crippen LogP contribution in [0.2, 0.25) is 0 Å². The van der Waals surface area contributed by atoms with Crippen LogP contribution in [0, 0.1) is 0 Å². The quantitative estimate of drug-likeness (QED) is 0.666. The Labute approximate surface area is 81.9 Å². The minimum atomic E-state index is -0.116. The highest BCUT2D eigenvalue weighted by Crippen LogP contribution is 2.37. The topological polar surface area (TPSA) is 37.4 Å². The third-order valence-corrected chi connectivity index (χ3v) is 4.06. The number of amides is 1. The molecule has 1 amide bonds. The third-order valence-electron chi connectivity index (χ3n) is 2.71. The molecule has 2 saturated heterocycles. The van der Waals surface area contributed by atoms with E-state index in [1.54, 1.807) is 16.7 Å². The Bertz CT molecular complexity index is 254. The zero-order chi connectivity index (χ0) is 9.42. The predicted octanol–water partition coefficient (Wildman–Crippen LogP) is 1.03. The number of hydrogen-bond acceptors (Lipinski definition) is 3. The fraction of sp³-hybridized carbons (Fsp3) is 0.778. The van der Waals surface area contributed by atoms with Crippen molar-refractivity contribution in [2.75, 3.05) is 5.75 Å². The van der Waals surface area contributed by atoms with Crippen molar-refractivity contribution in [2.24, 2.45) is 0 Å². The number of Topliss-reactive ketones (excluding diaryl/α,β-unsaturated/α-hetero) is 1. The molecule has 2 rings (SSSR count). The third kappa shape index (κ3) is 1.37. The van der Waals surface area contributed by atoms with E-state index in [4.69, 9.17) is 0 Å². The second kappa shape index (κ2) is 3.33. The number of hydrogen-bond donors (Lipinski definition) is 0. The first-order valence-corrected chi connectivity index (χ1v) is 5.74. The summed E-state index contributed by atoms with van der Waals surface area (Å²) in [6.45, 7) is 1.86. The monoisotopic (exact) mass is 199 g/mol. The minimum absolute atomic E-state index is 0.116. The maximum absolute atomic E-state index is 11.5. The van der Waals surface area contributed by atoms with Crippen molar-refractivity contribution in [1.29, 1.82) is 0 Å². The van der Waals surface area contributed by atoms with Crippen molar-refractivity contribution >= 4 is 23.5 Å². The summed E-state index contributed by atoms with van der Waals surface area (Å²) in [6, 6.07) is -0.116. The zero-order valence-corrected chi connectivity index (χ0v) is 8.47. The standard InChI is InChI=1S/C9H13NO2S/c1-2-7(11)6-5-13-9-4-3-8(12)10(6)9/h6,9H,2-5H2,1H3/t6?,9-/m0/s1. The van der Waals surface area contributed by atoms with Crippen LogP contribution in [0.3, 0.4) is 0 Å². The molecule has 2 aliphatic rings. The molecule has 0 aromatic rings. The van der Waals surface area contributed by atoms with Gasteiger partial charge in [0, 0.05) is 18.6 Å². The van der Waals surface area contributed by atoms with Crippen molar-refractivity contribution in [3.8, 4) is 0 Å². The molecule has 0 aromatic heterocycles. The van der Waals surface area contributed by atoms with Gasteiger partial charge in [0.1, 0.15) is 6.04 Å². The van der Waals surface area contributed by atoms with E-state index in [0.717, 1.165) is 12.2 Å². The Morgan fingerprint density at radius 2 is 2.46 bits per heavy atom. The van der Waals surface area contributed by atoms with Crippen molar-refractivity contribution in [1.82, 2.24) is 4.90 Å². The summed E-state index contributed by atoms with van der Waals surface area (Å²) >= 11 is 1.75. The lowest BCUT2D eigenvalue weighted by Gasteiger charge is -2.21. The summed E-state index contributed by atoms with van der Waals surface area (Å²) in [7, 11) is 0. The molecule has 1 unspecified atom stereocenters. The molecule has 4 heteroatoms. The Morgan fingerprint density at radius 3 is 3.15 bits per heavy atom. The average molecular weight is 199 g/mol. The number of carbonyl (C=O) groups is 2. The van der Waals surface area contributed by atoms with Crippen LogP contribution in [0.5, 0.6) is 0 Å². The highest BCUT2D eigenvalue weighted by atomic mass is 32.2. The maximum atomic E-state index is 11.5. The van der Waals surface area contributed by atoms with Crippen molar-refractivity contribution in [3.05, 3.63) is 0 Å².